The van der Waals surface area contributed by atoms with Gasteiger partial charge in [-0.05, 0) is 48.9 Å². The van der Waals surface area contributed by atoms with Crippen molar-refractivity contribution in [2.45, 2.75) is 13.3 Å². The Morgan fingerprint density at radius 2 is 1.92 bits per heavy atom. The Bertz CT molecular complexity index is 808. The van der Waals surface area contributed by atoms with Gasteiger partial charge in [-0.1, -0.05) is 6.07 Å². The minimum atomic E-state index is -0.393. The molecule has 3 rings (SSSR count). The van der Waals surface area contributed by atoms with E-state index in [1.165, 1.54) is 0 Å². The Balaban J connectivity index is 0.00000243. The molecule has 1 fully saturated rings. The van der Waals surface area contributed by atoms with Crippen LogP contribution in [0.3, 0.4) is 0 Å². The molecule has 1 atom stereocenters. The maximum absolute atomic E-state index is 12.6. The quantitative estimate of drug-likeness (QED) is 0.804. The number of ether oxygens (including phenoxy) is 1. The summed E-state index contributed by atoms with van der Waals surface area (Å²) in [5.74, 6) is 0.102. The minimum absolute atomic E-state index is 0. The molecule has 3 N–H and O–H groups in total. The van der Waals surface area contributed by atoms with Crippen LogP contribution in [0, 0.1) is 12.8 Å². The van der Waals surface area contributed by atoms with Gasteiger partial charge in [0.1, 0.15) is 5.75 Å². The van der Waals surface area contributed by atoms with Crippen LogP contribution in [0.4, 0.5) is 17.1 Å². The molecule has 1 aliphatic heterocycles. The first kappa shape index (κ1) is 19.6. The molecule has 1 aliphatic rings. The molecule has 0 radical (unpaired) electrons. The number of hydrogen-bond acceptors (Lipinski definition) is 4. The first-order valence-corrected chi connectivity index (χ1v) is 8.09. The van der Waals surface area contributed by atoms with Crippen molar-refractivity contribution in [2.75, 3.05) is 29.6 Å². The number of aryl methyl sites for hydroxylation is 1. The topological polar surface area (TPSA) is 84.7 Å². The van der Waals surface area contributed by atoms with E-state index in [2.05, 4.69) is 5.32 Å². The van der Waals surface area contributed by atoms with Crippen LogP contribution in [-0.2, 0) is 9.59 Å². The Morgan fingerprint density at radius 1 is 1.23 bits per heavy atom. The van der Waals surface area contributed by atoms with Gasteiger partial charge in [-0.25, -0.2) is 0 Å². The molecule has 26 heavy (non-hydrogen) atoms. The van der Waals surface area contributed by atoms with Crippen LogP contribution in [0.2, 0.25) is 0 Å². The molecule has 1 unspecified atom stereocenters. The highest BCUT2D eigenvalue weighted by Gasteiger charge is 2.35. The molecule has 0 aromatic heterocycles. The van der Waals surface area contributed by atoms with E-state index in [1.807, 2.05) is 25.1 Å². The van der Waals surface area contributed by atoms with E-state index in [-0.39, 0.29) is 30.6 Å². The smallest absolute Gasteiger partial charge is 0.229 e. The monoisotopic (exact) mass is 375 g/mol. The first-order chi connectivity index (χ1) is 12.0. The highest BCUT2D eigenvalue weighted by atomic mass is 35.5. The molecule has 138 valence electrons. The zero-order chi connectivity index (χ0) is 18.0. The van der Waals surface area contributed by atoms with Gasteiger partial charge in [0.05, 0.1) is 13.0 Å². The predicted octanol–water partition coefficient (Wildman–Crippen LogP) is 3.00. The number of hydrogen-bond donors (Lipinski definition) is 2. The summed E-state index contributed by atoms with van der Waals surface area (Å²) in [4.78, 5) is 26.5. The van der Waals surface area contributed by atoms with Crippen molar-refractivity contribution in [3.05, 3.63) is 48.0 Å². The Hall–Kier alpha value is -2.73. The third-order valence-corrected chi connectivity index (χ3v) is 4.40. The standard InChI is InChI=1S/C19H21N3O3.ClH/c1-12-3-4-14(20)10-17(12)21-19(24)13-9-18(23)22(11-13)15-5-7-16(25-2)8-6-15;/h3-8,10,13H,9,11,20H2,1-2H3,(H,21,24);1H. The summed E-state index contributed by atoms with van der Waals surface area (Å²) < 4.78 is 5.13. The van der Waals surface area contributed by atoms with E-state index in [1.54, 1.807) is 36.3 Å². The minimum Gasteiger partial charge on any atom is -0.497 e. The van der Waals surface area contributed by atoms with Crippen LogP contribution >= 0.6 is 12.4 Å². The second-order valence-corrected chi connectivity index (χ2v) is 6.17. The average molecular weight is 376 g/mol. The van der Waals surface area contributed by atoms with Crippen molar-refractivity contribution < 1.29 is 14.3 Å². The number of carbonyl (C=O) groups excluding carboxylic acids is 2. The lowest BCUT2D eigenvalue weighted by Gasteiger charge is -2.17. The third-order valence-electron chi connectivity index (χ3n) is 4.40. The number of benzene rings is 2. The number of rotatable bonds is 4. The predicted molar refractivity (Wildman–Crippen MR) is 105 cm³/mol. The van der Waals surface area contributed by atoms with Crippen molar-refractivity contribution in [1.29, 1.82) is 0 Å². The number of anilines is 3. The number of nitrogens with zero attached hydrogens (tertiary/aromatic N) is 1. The lowest BCUT2D eigenvalue weighted by molar-refractivity contribution is -0.122. The molecule has 0 saturated carbocycles. The van der Waals surface area contributed by atoms with Crippen molar-refractivity contribution in [2.24, 2.45) is 5.92 Å². The van der Waals surface area contributed by atoms with Gasteiger partial charge in [0.2, 0.25) is 11.8 Å². The van der Waals surface area contributed by atoms with Gasteiger partial charge in [-0.3, -0.25) is 9.59 Å². The summed E-state index contributed by atoms with van der Waals surface area (Å²) in [6.45, 7) is 2.26. The van der Waals surface area contributed by atoms with Gasteiger partial charge < -0.3 is 20.7 Å². The van der Waals surface area contributed by atoms with Crippen LogP contribution in [-0.4, -0.2) is 25.5 Å². The van der Waals surface area contributed by atoms with Gasteiger partial charge in [-0.15, -0.1) is 12.4 Å². The zero-order valence-corrected chi connectivity index (χ0v) is 15.5. The Kier molecular flexibility index (Phi) is 6.10. The Morgan fingerprint density at radius 3 is 2.58 bits per heavy atom. The second kappa shape index (κ2) is 8.10. The van der Waals surface area contributed by atoms with Crippen molar-refractivity contribution in [1.82, 2.24) is 0 Å². The van der Waals surface area contributed by atoms with Crippen molar-refractivity contribution in [3.8, 4) is 5.75 Å². The molecule has 2 aromatic carbocycles. The van der Waals surface area contributed by atoms with E-state index >= 15 is 0 Å². The SMILES string of the molecule is COc1ccc(N2CC(C(=O)Nc3cc(N)ccc3C)CC2=O)cc1.Cl. The number of nitrogens with two attached hydrogens (primary N) is 1. The number of nitrogens with one attached hydrogen (secondary N) is 1. The summed E-state index contributed by atoms with van der Waals surface area (Å²) in [6, 6.07) is 12.6. The van der Waals surface area contributed by atoms with E-state index in [0.717, 1.165) is 17.0 Å². The maximum atomic E-state index is 12.6. The molecule has 1 saturated heterocycles. The van der Waals surface area contributed by atoms with Crippen LogP contribution in [0.5, 0.6) is 5.75 Å². The van der Waals surface area contributed by atoms with Crippen LogP contribution in [0.25, 0.3) is 0 Å². The average Bonchev–Trinajstić information content (AvgIpc) is 3.00. The fourth-order valence-electron chi connectivity index (χ4n) is 2.90. The molecule has 0 bridgehead atoms. The highest BCUT2D eigenvalue weighted by Crippen LogP contribution is 2.28. The van der Waals surface area contributed by atoms with Crippen molar-refractivity contribution >= 4 is 41.3 Å². The molecule has 0 spiro atoms. The number of halogens is 1. The molecular formula is C19H22ClN3O3. The van der Waals surface area contributed by atoms with Crippen molar-refractivity contribution in [3.63, 3.8) is 0 Å². The maximum Gasteiger partial charge on any atom is 0.229 e. The summed E-state index contributed by atoms with van der Waals surface area (Å²) in [5.41, 5.74) is 8.74. The van der Waals surface area contributed by atoms with Crippen LogP contribution in [0.15, 0.2) is 42.5 Å². The number of carbonyl (C=O) groups is 2. The molecule has 0 aliphatic carbocycles. The second-order valence-electron chi connectivity index (χ2n) is 6.17. The Labute approximate surface area is 158 Å². The van der Waals surface area contributed by atoms with E-state index < -0.39 is 5.92 Å². The number of methoxy groups -OCH3 is 1. The zero-order valence-electron chi connectivity index (χ0n) is 14.7. The largest absolute Gasteiger partial charge is 0.497 e. The van der Waals surface area contributed by atoms with E-state index in [0.29, 0.717) is 17.9 Å². The van der Waals surface area contributed by atoms with E-state index in [4.69, 9.17) is 10.5 Å². The van der Waals surface area contributed by atoms with Gasteiger partial charge in [0.25, 0.3) is 0 Å². The number of nitrogen functional groups attached to an aromatic ring is 1. The van der Waals surface area contributed by atoms with Gasteiger partial charge in [0.15, 0.2) is 0 Å². The lowest BCUT2D eigenvalue weighted by Crippen LogP contribution is -2.28. The highest BCUT2D eigenvalue weighted by molar-refractivity contribution is 6.03. The van der Waals surface area contributed by atoms with Gasteiger partial charge >= 0.3 is 0 Å². The fraction of sp³-hybridized carbons (Fsp3) is 0.263. The summed E-state index contributed by atoms with van der Waals surface area (Å²) in [5, 5.41) is 2.89. The molecule has 7 heteroatoms. The summed E-state index contributed by atoms with van der Waals surface area (Å²) in [7, 11) is 1.59. The van der Waals surface area contributed by atoms with Gasteiger partial charge in [0, 0.05) is 30.0 Å². The van der Waals surface area contributed by atoms with E-state index in [9.17, 15) is 9.59 Å². The summed E-state index contributed by atoms with van der Waals surface area (Å²) in [6.07, 6.45) is 0.194. The normalized spacial score (nSPS) is 16.2. The molecular weight excluding hydrogens is 354 g/mol. The lowest BCUT2D eigenvalue weighted by atomic mass is 10.1. The third kappa shape index (κ3) is 4.08. The molecule has 2 aromatic rings. The molecule has 1 heterocycles. The summed E-state index contributed by atoms with van der Waals surface area (Å²) >= 11 is 0. The van der Waals surface area contributed by atoms with Crippen LogP contribution in [0.1, 0.15) is 12.0 Å². The van der Waals surface area contributed by atoms with Gasteiger partial charge in [-0.2, -0.15) is 0 Å². The molecule has 6 nitrogen and oxygen atoms in total. The van der Waals surface area contributed by atoms with Crippen LogP contribution < -0.4 is 20.7 Å². The first-order valence-electron chi connectivity index (χ1n) is 8.09. The number of amides is 2. The molecule has 2 amide bonds. The fourth-order valence-corrected chi connectivity index (χ4v) is 2.90.